The van der Waals surface area contributed by atoms with Crippen LogP contribution in [0.5, 0.6) is 0 Å². The van der Waals surface area contributed by atoms with Crippen molar-refractivity contribution in [2.75, 3.05) is 20.1 Å². The van der Waals surface area contributed by atoms with E-state index >= 15 is 0 Å². The molecule has 0 aliphatic carbocycles. The van der Waals surface area contributed by atoms with Crippen molar-refractivity contribution in [3.05, 3.63) is 29.8 Å². The van der Waals surface area contributed by atoms with E-state index in [0.29, 0.717) is 32.0 Å². The van der Waals surface area contributed by atoms with Gasteiger partial charge in [-0.2, -0.15) is 17.5 Å². The van der Waals surface area contributed by atoms with Crippen molar-refractivity contribution in [1.82, 2.24) is 9.62 Å². The topological polar surface area (TPSA) is 49.4 Å². The van der Waals surface area contributed by atoms with Gasteiger partial charge in [0.15, 0.2) is 0 Å². The highest BCUT2D eigenvalue weighted by molar-refractivity contribution is 7.89. The Kier molecular flexibility index (Phi) is 4.60. The van der Waals surface area contributed by atoms with E-state index in [1.54, 1.807) is 7.05 Å². The molecule has 1 unspecified atom stereocenters. The Morgan fingerprint density at radius 3 is 2.71 bits per heavy atom. The molecule has 0 aromatic heterocycles. The molecule has 118 valence electrons. The number of benzene rings is 1. The quantitative estimate of drug-likeness (QED) is 0.923. The van der Waals surface area contributed by atoms with Gasteiger partial charge in [0.2, 0.25) is 10.0 Å². The largest absolute Gasteiger partial charge is 0.416 e. The summed E-state index contributed by atoms with van der Waals surface area (Å²) in [5.41, 5.74) is -0.951. The van der Waals surface area contributed by atoms with Crippen LogP contribution in [0.3, 0.4) is 0 Å². The van der Waals surface area contributed by atoms with Gasteiger partial charge in [-0.1, -0.05) is 6.07 Å². The van der Waals surface area contributed by atoms with Crippen molar-refractivity contribution in [2.24, 2.45) is 0 Å². The van der Waals surface area contributed by atoms with Crippen LogP contribution in [-0.4, -0.2) is 38.9 Å². The van der Waals surface area contributed by atoms with E-state index in [1.165, 1.54) is 10.4 Å². The van der Waals surface area contributed by atoms with E-state index in [1.807, 2.05) is 0 Å². The molecule has 0 spiro atoms. The Labute approximate surface area is 122 Å². The number of alkyl halides is 3. The summed E-state index contributed by atoms with van der Waals surface area (Å²) in [6.07, 6.45) is -3.13. The highest BCUT2D eigenvalue weighted by Crippen LogP contribution is 2.32. The number of halogens is 3. The Bertz CT molecular complexity index is 602. The molecule has 4 nitrogen and oxygen atoms in total. The minimum atomic E-state index is -4.55. The van der Waals surface area contributed by atoms with Crippen LogP contribution in [0.1, 0.15) is 18.4 Å². The van der Waals surface area contributed by atoms with Crippen LogP contribution in [0.15, 0.2) is 29.2 Å². The molecule has 1 N–H and O–H groups in total. The molecule has 0 bridgehead atoms. The molecule has 2 rings (SSSR count). The molecule has 1 aromatic rings. The molecule has 1 atom stereocenters. The fourth-order valence-electron chi connectivity index (χ4n) is 2.53. The van der Waals surface area contributed by atoms with E-state index in [9.17, 15) is 21.6 Å². The predicted molar refractivity (Wildman–Crippen MR) is 72.3 cm³/mol. The number of hydrogen-bond acceptors (Lipinski definition) is 3. The summed E-state index contributed by atoms with van der Waals surface area (Å²) in [6, 6.07) is 3.69. The lowest BCUT2D eigenvalue weighted by Crippen LogP contribution is -2.40. The second-order valence-electron chi connectivity index (χ2n) is 5.00. The second kappa shape index (κ2) is 5.94. The second-order valence-corrected chi connectivity index (χ2v) is 6.89. The molecule has 1 fully saturated rings. The fourth-order valence-corrected chi connectivity index (χ4v) is 4.27. The van der Waals surface area contributed by atoms with Crippen molar-refractivity contribution in [3.8, 4) is 0 Å². The Morgan fingerprint density at radius 1 is 1.38 bits per heavy atom. The number of rotatable bonds is 4. The van der Waals surface area contributed by atoms with Crippen LogP contribution < -0.4 is 5.32 Å². The maximum Gasteiger partial charge on any atom is 0.416 e. The zero-order valence-corrected chi connectivity index (χ0v) is 12.3. The van der Waals surface area contributed by atoms with Crippen LogP contribution in [0, 0.1) is 0 Å². The SMILES string of the molecule is CNCC1CCCN1S(=O)(=O)c1cccc(C(F)(F)F)c1. The molecule has 0 radical (unpaired) electrons. The minimum absolute atomic E-state index is 0.213. The molecule has 0 saturated carbocycles. The summed E-state index contributed by atoms with van der Waals surface area (Å²) in [6.45, 7) is 0.823. The lowest BCUT2D eigenvalue weighted by Gasteiger charge is -2.24. The van der Waals surface area contributed by atoms with Crippen molar-refractivity contribution in [2.45, 2.75) is 30.0 Å². The van der Waals surface area contributed by atoms with Crippen LogP contribution in [0.25, 0.3) is 0 Å². The van der Waals surface area contributed by atoms with Gasteiger partial charge >= 0.3 is 6.18 Å². The molecule has 1 aliphatic heterocycles. The van der Waals surface area contributed by atoms with E-state index < -0.39 is 21.8 Å². The van der Waals surface area contributed by atoms with Gasteiger partial charge in [0.25, 0.3) is 0 Å². The average molecular weight is 322 g/mol. The summed E-state index contributed by atoms with van der Waals surface area (Å²) < 4.78 is 64.5. The molecule has 1 saturated heterocycles. The standard InChI is InChI=1S/C13H17F3N2O2S/c1-17-9-11-5-3-7-18(11)21(19,20)12-6-2-4-10(8-12)13(14,15)16/h2,4,6,8,11,17H,3,5,7,9H2,1H3. The Morgan fingerprint density at radius 2 is 2.10 bits per heavy atom. The van der Waals surface area contributed by atoms with E-state index in [4.69, 9.17) is 0 Å². The van der Waals surface area contributed by atoms with E-state index in [0.717, 1.165) is 12.1 Å². The highest BCUT2D eigenvalue weighted by Gasteiger charge is 2.37. The van der Waals surface area contributed by atoms with Crippen molar-refractivity contribution >= 4 is 10.0 Å². The summed E-state index contributed by atoms with van der Waals surface area (Å²) >= 11 is 0. The predicted octanol–water partition coefficient (Wildman–Crippen LogP) is 2.08. The van der Waals surface area contributed by atoms with Crippen LogP contribution in [-0.2, 0) is 16.2 Å². The molecular formula is C13H17F3N2O2S. The van der Waals surface area contributed by atoms with Crippen molar-refractivity contribution in [3.63, 3.8) is 0 Å². The average Bonchev–Trinajstić information content (AvgIpc) is 2.87. The Hall–Kier alpha value is -1.12. The zero-order chi connectivity index (χ0) is 15.7. The van der Waals surface area contributed by atoms with Crippen molar-refractivity contribution < 1.29 is 21.6 Å². The number of likely N-dealkylation sites (N-methyl/N-ethyl adjacent to an activating group) is 1. The zero-order valence-electron chi connectivity index (χ0n) is 11.5. The molecule has 1 heterocycles. The Balaban J connectivity index is 2.36. The number of sulfonamides is 1. The normalized spacial score (nSPS) is 20.9. The minimum Gasteiger partial charge on any atom is -0.318 e. The third-order valence-corrected chi connectivity index (χ3v) is 5.48. The first kappa shape index (κ1) is 16.3. The molecule has 0 amide bonds. The number of nitrogens with zero attached hydrogens (tertiary/aromatic N) is 1. The van der Waals surface area contributed by atoms with Crippen LogP contribution in [0.4, 0.5) is 13.2 Å². The summed E-state index contributed by atoms with van der Waals surface area (Å²) in [5, 5.41) is 2.91. The lowest BCUT2D eigenvalue weighted by molar-refractivity contribution is -0.137. The third-order valence-electron chi connectivity index (χ3n) is 3.53. The molecule has 21 heavy (non-hydrogen) atoms. The number of hydrogen-bond donors (Lipinski definition) is 1. The summed E-state index contributed by atoms with van der Waals surface area (Å²) in [7, 11) is -2.18. The van der Waals surface area contributed by atoms with Gasteiger partial charge in [-0.3, -0.25) is 0 Å². The van der Waals surface area contributed by atoms with Gasteiger partial charge in [-0.15, -0.1) is 0 Å². The highest BCUT2D eigenvalue weighted by atomic mass is 32.2. The maximum atomic E-state index is 12.7. The van der Waals surface area contributed by atoms with E-state index in [-0.39, 0.29) is 10.9 Å². The van der Waals surface area contributed by atoms with E-state index in [2.05, 4.69) is 5.32 Å². The first-order chi connectivity index (χ1) is 9.76. The van der Waals surface area contributed by atoms with Crippen LogP contribution in [0.2, 0.25) is 0 Å². The summed E-state index contributed by atoms with van der Waals surface area (Å²) in [5.74, 6) is 0. The van der Waals surface area contributed by atoms with Crippen LogP contribution >= 0.6 is 0 Å². The van der Waals surface area contributed by atoms with Gasteiger partial charge < -0.3 is 5.32 Å². The molecule has 8 heteroatoms. The first-order valence-electron chi connectivity index (χ1n) is 6.60. The smallest absolute Gasteiger partial charge is 0.318 e. The monoisotopic (exact) mass is 322 g/mol. The van der Waals surface area contributed by atoms with Crippen molar-refractivity contribution in [1.29, 1.82) is 0 Å². The fraction of sp³-hybridized carbons (Fsp3) is 0.538. The molecular weight excluding hydrogens is 305 g/mol. The molecule has 1 aliphatic rings. The maximum absolute atomic E-state index is 12.7. The molecule has 1 aromatic carbocycles. The number of nitrogens with one attached hydrogen (secondary N) is 1. The van der Waals surface area contributed by atoms with Gasteiger partial charge in [0, 0.05) is 19.1 Å². The third kappa shape index (κ3) is 3.38. The summed E-state index contributed by atoms with van der Waals surface area (Å²) in [4.78, 5) is -0.305. The van der Waals surface area contributed by atoms with Gasteiger partial charge in [-0.25, -0.2) is 8.42 Å². The first-order valence-corrected chi connectivity index (χ1v) is 8.04. The van der Waals surface area contributed by atoms with Gasteiger partial charge in [0.1, 0.15) is 0 Å². The lowest BCUT2D eigenvalue weighted by atomic mass is 10.2. The van der Waals surface area contributed by atoms with Gasteiger partial charge in [-0.05, 0) is 38.1 Å². The van der Waals surface area contributed by atoms with Gasteiger partial charge in [0.05, 0.1) is 10.5 Å².